The lowest BCUT2D eigenvalue weighted by Gasteiger charge is -2.02. The van der Waals surface area contributed by atoms with Crippen LogP contribution >= 0.6 is 23.4 Å². The highest BCUT2D eigenvalue weighted by Crippen LogP contribution is 2.22. The van der Waals surface area contributed by atoms with Crippen molar-refractivity contribution in [2.75, 3.05) is 5.75 Å². The molecule has 0 bridgehead atoms. The number of halogens is 2. The maximum absolute atomic E-state index is 13.5. The molecule has 0 aliphatic heterocycles. The van der Waals surface area contributed by atoms with Gasteiger partial charge in [-0.05, 0) is 12.1 Å². The topological polar surface area (TPSA) is 54.4 Å². The maximum atomic E-state index is 13.5. The second-order valence-corrected chi connectivity index (χ2v) is 4.97. The molecule has 0 radical (unpaired) electrons. The Labute approximate surface area is 113 Å². The van der Waals surface area contributed by atoms with E-state index in [-0.39, 0.29) is 21.3 Å². The number of thioether (sulfide) groups is 1. The normalized spacial score (nSPS) is 10.8. The van der Waals surface area contributed by atoms with Gasteiger partial charge in [-0.3, -0.25) is 4.79 Å². The zero-order valence-corrected chi connectivity index (χ0v) is 11.0. The van der Waals surface area contributed by atoms with Gasteiger partial charge in [-0.25, -0.2) is 9.18 Å². The van der Waals surface area contributed by atoms with E-state index in [1.54, 1.807) is 6.08 Å². The van der Waals surface area contributed by atoms with E-state index in [1.807, 2.05) is 0 Å². The number of carboxylic acid groups (broad SMARTS) is 1. The van der Waals surface area contributed by atoms with E-state index < -0.39 is 11.8 Å². The molecule has 0 fully saturated rings. The minimum atomic E-state index is -1.28. The molecule has 18 heavy (non-hydrogen) atoms. The van der Waals surface area contributed by atoms with Crippen LogP contribution in [-0.2, 0) is 4.79 Å². The predicted octanol–water partition coefficient (Wildman–Crippen LogP) is 3.47. The molecule has 0 aliphatic rings. The molecular weight excluding hydrogens is 279 g/mol. The van der Waals surface area contributed by atoms with Crippen molar-refractivity contribution in [2.24, 2.45) is 0 Å². The van der Waals surface area contributed by atoms with Crippen LogP contribution in [0.2, 0.25) is 5.02 Å². The van der Waals surface area contributed by atoms with Crippen molar-refractivity contribution >= 4 is 40.5 Å². The van der Waals surface area contributed by atoms with Crippen molar-refractivity contribution in [3.05, 3.63) is 40.2 Å². The van der Waals surface area contributed by atoms with Crippen LogP contribution in [0.25, 0.3) is 6.08 Å². The molecule has 0 aromatic heterocycles. The molecule has 1 aromatic carbocycles. The Morgan fingerprint density at radius 2 is 2.17 bits per heavy atom. The first kappa shape index (κ1) is 14.7. The number of rotatable bonds is 4. The summed E-state index contributed by atoms with van der Waals surface area (Å²) in [6.07, 6.45) is 3.07. The van der Waals surface area contributed by atoms with E-state index in [0.717, 1.165) is 17.8 Å². The molecule has 0 unspecified atom stereocenters. The highest BCUT2D eigenvalue weighted by Gasteiger charge is 2.12. The fourth-order valence-corrected chi connectivity index (χ4v) is 1.87. The van der Waals surface area contributed by atoms with Gasteiger partial charge in [-0.15, -0.1) is 0 Å². The van der Waals surface area contributed by atoms with Crippen LogP contribution in [0.4, 0.5) is 4.39 Å². The van der Waals surface area contributed by atoms with Gasteiger partial charge in [-0.2, -0.15) is 0 Å². The zero-order chi connectivity index (χ0) is 13.7. The third kappa shape index (κ3) is 4.16. The summed E-state index contributed by atoms with van der Waals surface area (Å²) < 4.78 is 13.5. The van der Waals surface area contributed by atoms with E-state index in [0.29, 0.717) is 5.75 Å². The Kier molecular flexibility index (Phi) is 5.37. The standard InChI is InChI=1S/C12H10ClFO3S/c1-7(15)18-4-2-3-8-5-10(13)9(12(16)17)6-11(8)14/h2-3,5-6H,4H2,1H3,(H,16,17). The molecule has 0 atom stereocenters. The van der Waals surface area contributed by atoms with Gasteiger partial charge < -0.3 is 5.11 Å². The third-order valence-electron chi connectivity index (χ3n) is 2.00. The fourth-order valence-electron chi connectivity index (χ4n) is 1.19. The van der Waals surface area contributed by atoms with Gasteiger partial charge in [-0.1, -0.05) is 35.5 Å². The van der Waals surface area contributed by atoms with Gasteiger partial charge >= 0.3 is 5.97 Å². The van der Waals surface area contributed by atoms with Gasteiger partial charge in [0.2, 0.25) is 0 Å². The molecule has 0 amide bonds. The van der Waals surface area contributed by atoms with Crippen molar-refractivity contribution in [3.8, 4) is 0 Å². The first-order valence-corrected chi connectivity index (χ1v) is 6.30. The number of carbonyl (C=O) groups is 2. The summed E-state index contributed by atoms with van der Waals surface area (Å²) in [4.78, 5) is 21.4. The Bertz CT molecular complexity index is 514. The number of carbonyl (C=O) groups excluding carboxylic acids is 1. The Balaban J connectivity index is 2.88. The van der Waals surface area contributed by atoms with Gasteiger partial charge in [0.1, 0.15) is 5.82 Å². The minimum absolute atomic E-state index is 0.0252. The van der Waals surface area contributed by atoms with Gasteiger partial charge in [0, 0.05) is 18.2 Å². The molecule has 0 saturated heterocycles. The van der Waals surface area contributed by atoms with Crippen molar-refractivity contribution in [1.29, 1.82) is 0 Å². The predicted molar refractivity (Wildman–Crippen MR) is 70.5 cm³/mol. The van der Waals surface area contributed by atoms with E-state index in [1.165, 1.54) is 19.1 Å². The van der Waals surface area contributed by atoms with E-state index >= 15 is 0 Å². The first-order chi connectivity index (χ1) is 8.41. The van der Waals surface area contributed by atoms with E-state index in [9.17, 15) is 14.0 Å². The molecule has 6 heteroatoms. The summed E-state index contributed by atoms with van der Waals surface area (Å²) >= 11 is 6.81. The fraction of sp³-hybridized carbons (Fsp3) is 0.167. The van der Waals surface area contributed by atoms with Crippen LogP contribution in [0.15, 0.2) is 18.2 Å². The SMILES string of the molecule is CC(=O)SCC=Cc1cc(Cl)c(C(=O)O)cc1F. The molecule has 0 aliphatic carbocycles. The zero-order valence-electron chi connectivity index (χ0n) is 9.44. The largest absolute Gasteiger partial charge is 0.478 e. The summed E-state index contributed by atoms with van der Waals surface area (Å²) in [5.41, 5.74) is -0.0846. The van der Waals surface area contributed by atoms with Crippen LogP contribution in [0, 0.1) is 5.82 Å². The van der Waals surface area contributed by atoms with Gasteiger partial charge in [0.25, 0.3) is 0 Å². The minimum Gasteiger partial charge on any atom is -0.478 e. The smallest absolute Gasteiger partial charge is 0.337 e. The molecule has 1 N–H and O–H groups in total. The molecular formula is C12H10ClFO3S. The lowest BCUT2D eigenvalue weighted by molar-refractivity contribution is -0.109. The molecule has 96 valence electrons. The van der Waals surface area contributed by atoms with Crippen molar-refractivity contribution in [3.63, 3.8) is 0 Å². The lowest BCUT2D eigenvalue weighted by Crippen LogP contribution is -1.99. The third-order valence-corrected chi connectivity index (χ3v) is 3.08. The lowest BCUT2D eigenvalue weighted by atomic mass is 10.1. The van der Waals surface area contributed by atoms with Crippen molar-refractivity contribution in [1.82, 2.24) is 0 Å². The summed E-state index contributed by atoms with van der Waals surface area (Å²) in [5, 5.41) is 8.69. The Morgan fingerprint density at radius 3 is 2.72 bits per heavy atom. The van der Waals surface area contributed by atoms with Crippen LogP contribution in [0.3, 0.4) is 0 Å². The van der Waals surface area contributed by atoms with Crippen LogP contribution in [-0.4, -0.2) is 21.9 Å². The summed E-state index contributed by atoms with van der Waals surface area (Å²) in [7, 11) is 0. The number of aromatic carboxylic acids is 1. The quantitative estimate of drug-likeness (QED) is 0.922. The van der Waals surface area contributed by atoms with E-state index in [4.69, 9.17) is 16.7 Å². The van der Waals surface area contributed by atoms with Gasteiger partial charge in [0.05, 0.1) is 10.6 Å². The van der Waals surface area contributed by atoms with Crippen LogP contribution in [0.5, 0.6) is 0 Å². The molecule has 1 rings (SSSR count). The number of carboxylic acids is 1. The van der Waals surface area contributed by atoms with Crippen LogP contribution < -0.4 is 0 Å². The first-order valence-electron chi connectivity index (χ1n) is 4.94. The summed E-state index contributed by atoms with van der Waals surface area (Å²) in [6.45, 7) is 1.44. The Hall–Kier alpha value is -1.33. The second-order valence-electron chi connectivity index (χ2n) is 3.36. The second kappa shape index (κ2) is 6.56. The highest BCUT2D eigenvalue weighted by atomic mass is 35.5. The number of benzene rings is 1. The molecule has 0 saturated carbocycles. The molecule has 0 spiro atoms. The summed E-state index contributed by atoms with van der Waals surface area (Å²) in [6, 6.07) is 2.12. The average Bonchev–Trinajstić information content (AvgIpc) is 2.27. The highest BCUT2D eigenvalue weighted by molar-refractivity contribution is 8.13. The Morgan fingerprint density at radius 1 is 1.50 bits per heavy atom. The van der Waals surface area contributed by atoms with Crippen molar-refractivity contribution < 1.29 is 19.1 Å². The molecule has 1 aromatic rings. The number of hydrogen-bond donors (Lipinski definition) is 1. The van der Waals surface area contributed by atoms with Crippen molar-refractivity contribution in [2.45, 2.75) is 6.92 Å². The maximum Gasteiger partial charge on any atom is 0.337 e. The van der Waals surface area contributed by atoms with Crippen LogP contribution in [0.1, 0.15) is 22.8 Å². The van der Waals surface area contributed by atoms with E-state index in [2.05, 4.69) is 0 Å². The summed E-state index contributed by atoms with van der Waals surface area (Å²) in [5.74, 6) is -1.52. The number of hydrogen-bond acceptors (Lipinski definition) is 3. The average molecular weight is 289 g/mol. The van der Waals surface area contributed by atoms with Gasteiger partial charge in [0.15, 0.2) is 5.12 Å². The molecule has 3 nitrogen and oxygen atoms in total. The monoisotopic (exact) mass is 288 g/mol. The molecule has 0 heterocycles.